The van der Waals surface area contributed by atoms with Gasteiger partial charge in [-0.2, -0.15) is 0 Å². The Morgan fingerprint density at radius 2 is 1.65 bits per heavy atom. The number of ether oxygens (including phenoxy) is 1. The van der Waals surface area contributed by atoms with E-state index in [1.807, 2.05) is 35.0 Å². The van der Waals surface area contributed by atoms with E-state index in [1.165, 1.54) is 6.07 Å². The molecule has 0 bridgehead atoms. The van der Waals surface area contributed by atoms with Crippen LogP contribution in [0.1, 0.15) is 38.2 Å². The van der Waals surface area contributed by atoms with E-state index in [1.54, 1.807) is 13.2 Å². The monoisotopic (exact) mass is 424 g/mol. The predicted molar refractivity (Wildman–Crippen MR) is 118 cm³/mol. The Labute approximate surface area is 182 Å². The minimum atomic E-state index is -0.270. The average Bonchev–Trinajstić information content (AvgIpc) is 3.25. The zero-order chi connectivity index (χ0) is 22.0. The summed E-state index contributed by atoms with van der Waals surface area (Å²) in [7, 11) is 1.68. The zero-order valence-electron chi connectivity index (χ0n) is 18.5. The van der Waals surface area contributed by atoms with Crippen LogP contribution in [0.15, 0.2) is 48.5 Å². The van der Waals surface area contributed by atoms with E-state index in [0.29, 0.717) is 18.8 Å². The van der Waals surface area contributed by atoms with E-state index in [-0.39, 0.29) is 17.4 Å². The number of aromatic nitrogens is 4. The van der Waals surface area contributed by atoms with E-state index >= 15 is 0 Å². The van der Waals surface area contributed by atoms with E-state index < -0.39 is 0 Å². The van der Waals surface area contributed by atoms with Crippen molar-refractivity contribution in [1.29, 1.82) is 0 Å². The SMILES string of the molecule is COc1ccccc1[C@H](c1nnnn1C(C)(C)C)N1CCN(c2ccccc2F)CC1. The van der Waals surface area contributed by atoms with E-state index in [0.717, 1.165) is 30.2 Å². The molecule has 7 nitrogen and oxygen atoms in total. The van der Waals surface area contributed by atoms with Gasteiger partial charge in [-0.1, -0.05) is 30.3 Å². The third kappa shape index (κ3) is 4.25. The molecule has 164 valence electrons. The van der Waals surface area contributed by atoms with Gasteiger partial charge in [0.25, 0.3) is 0 Å². The Kier molecular flexibility index (Phi) is 5.91. The third-order valence-corrected chi connectivity index (χ3v) is 5.68. The first-order valence-electron chi connectivity index (χ1n) is 10.6. The van der Waals surface area contributed by atoms with Crippen LogP contribution in [0, 0.1) is 5.82 Å². The molecule has 1 atom stereocenters. The summed E-state index contributed by atoms with van der Waals surface area (Å²) in [6.45, 7) is 9.17. The highest BCUT2D eigenvalue weighted by molar-refractivity contribution is 5.48. The van der Waals surface area contributed by atoms with E-state index in [2.05, 4.69) is 52.2 Å². The van der Waals surface area contributed by atoms with Crippen molar-refractivity contribution in [1.82, 2.24) is 25.1 Å². The average molecular weight is 425 g/mol. The summed E-state index contributed by atoms with van der Waals surface area (Å²) < 4.78 is 21.9. The number of anilines is 1. The van der Waals surface area contributed by atoms with Crippen molar-refractivity contribution in [2.75, 3.05) is 38.2 Å². The number of tetrazole rings is 1. The Morgan fingerprint density at radius 1 is 0.968 bits per heavy atom. The molecule has 1 aliphatic rings. The first-order chi connectivity index (χ1) is 14.9. The fraction of sp³-hybridized carbons (Fsp3) is 0.435. The van der Waals surface area contributed by atoms with Crippen LogP contribution >= 0.6 is 0 Å². The van der Waals surface area contributed by atoms with Crippen molar-refractivity contribution in [3.05, 3.63) is 65.7 Å². The van der Waals surface area contributed by atoms with Gasteiger partial charge < -0.3 is 9.64 Å². The second kappa shape index (κ2) is 8.63. The molecule has 31 heavy (non-hydrogen) atoms. The van der Waals surface area contributed by atoms with Crippen LogP contribution in [-0.4, -0.2) is 58.4 Å². The van der Waals surface area contributed by atoms with Gasteiger partial charge in [0, 0.05) is 31.7 Å². The topological polar surface area (TPSA) is 59.3 Å². The molecule has 0 amide bonds. The standard InChI is InChI=1S/C23H29FN6O/c1-23(2,3)30-22(25-26-27-30)21(17-9-5-8-12-20(17)31-4)29-15-13-28(14-16-29)19-11-7-6-10-18(19)24/h5-12,21H,13-16H2,1-4H3/t21-/m1/s1. The summed E-state index contributed by atoms with van der Waals surface area (Å²) in [6, 6.07) is 14.8. The van der Waals surface area contributed by atoms with Crippen LogP contribution in [0.4, 0.5) is 10.1 Å². The molecule has 2 heterocycles. The van der Waals surface area contributed by atoms with Crippen LogP contribution in [0.5, 0.6) is 5.75 Å². The Bertz CT molecular complexity index is 1020. The molecule has 0 saturated carbocycles. The van der Waals surface area contributed by atoms with E-state index in [4.69, 9.17) is 4.74 Å². The summed E-state index contributed by atoms with van der Waals surface area (Å²) in [6.07, 6.45) is 0. The number of halogens is 1. The second-order valence-electron chi connectivity index (χ2n) is 8.74. The summed E-state index contributed by atoms with van der Waals surface area (Å²) >= 11 is 0. The van der Waals surface area contributed by atoms with Gasteiger partial charge in [-0.3, -0.25) is 4.90 Å². The minimum absolute atomic E-state index is 0.173. The van der Waals surface area contributed by atoms with Crippen molar-refractivity contribution in [2.45, 2.75) is 32.4 Å². The minimum Gasteiger partial charge on any atom is -0.496 e. The van der Waals surface area contributed by atoms with E-state index in [9.17, 15) is 4.39 Å². The molecule has 0 spiro atoms. The van der Waals surface area contributed by atoms with Crippen LogP contribution in [0.25, 0.3) is 0 Å². The number of piperazine rings is 1. The molecule has 8 heteroatoms. The highest BCUT2D eigenvalue weighted by Gasteiger charge is 2.35. The molecule has 0 aliphatic carbocycles. The quantitative estimate of drug-likeness (QED) is 0.625. The lowest BCUT2D eigenvalue weighted by Crippen LogP contribution is -2.49. The van der Waals surface area contributed by atoms with Crippen molar-refractivity contribution < 1.29 is 9.13 Å². The van der Waals surface area contributed by atoms with Gasteiger partial charge in [0.1, 0.15) is 17.6 Å². The van der Waals surface area contributed by atoms with Gasteiger partial charge in [-0.15, -0.1) is 5.10 Å². The number of hydrogen-bond acceptors (Lipinski definition) is 6. The van der Waals surface area contributed by atoms with Crippen LogP contribution in [-0.2, 0) is 5.54 Å². The molecule has 2 aromatic carbocycles. The number of para-hydroxylation sites is 2. The van der Waals surface area contributed by atoms with Crippen molar-refractivity contribution in [3.8, 4) is 5.75 Å². The number of hydrogen-bond donors (Lipinski definition) is 0. The third-order valence-electron chi connectivity index (χ3n) is 5.68. The van der Waals surface area contributed by atoms with Crippen LogP contribution in [0.2, 0.25) is 0 Å². The Morgan fingerprint density at radius 3 is 2.32 bits per heavy atom. The first kappa shape index (κ1) is 21.2. The Balaban J connectivity index is 1.68. The lowest BCUT2D eigenvalue weighted by molar-refractivity contribution is 0.188. The lowest BCUT2D eigenvalue weighted by atomic mass is 10.0. The fourth-order valence-corrected chi connectivity index (χ4v) is 4.16. The number of rotatable bonds is 5. The molecule has 1 aliphatic heterocycles. The summed E-state index contributed by atoms with van der Waals surface area (Å²) in [4.78, 5) is 4.45. The summed E-state index contributed by atoms with van der Waals surface area (Å²) in [5, 5.41) is 12.7. The second-order valence-corrected chi connectivity index (χ2v) is 8.74. The maximum Gasteiger partial charge on any atom is 0.173 e. The van der Waals surface area contributed by atoms with Crippen LogP contribution < -0.4 is 9.64 Å². The lowest BCUT2D eigenvalue weighted by Gasteiger charge is -2.40. The van der Waals surface area contributed by atoms with Crippen molar-refractivity contribution >= 4 is 5.69 Å². The van der Waals surface area contributed by atoms with Gasteiger partial charge in [0.15, 0.2) is 5.82 Å². The number of methoxy groups -OCH3 is 1. The summed E-state index contributed by atoms with van der Waals surface area (Å²) in [5.74, 6) is 1.39. The van der Waals surface area contributed by atoms with Gasteiger partial charge >= 0.3 is 0 Å². The number of benzene rings is 2. The van der Waals surface area contributed by atoms with Gasteiger partial charge in [0.05, 0.1) is 18.3 Å². The molecule has 1 fully saturated rings. The van der Waals surface area contributed by atoms with Crippen molar-refractivity contribution in [3.63, 3.8) is 0 Å². The molecule has 4 rings (SSSR count). The van der Waals surface area contributed by atoms with Gasteiger partial charge in [-0.05, 0) is 49.4 Å². The zero-order valence-corrected chi connectivity index (χ0v) is 18.5. The summed E-state index contributed by atoms with van der Waals surface area (Å²) in [5.41, 5.74) is 1.40. The smallest absolute Gasteiger partial charge is 0.173 e. The maximum atomic E-state index is 14.3. The predicted octanol–water partition coefficient (Wildman–Crippen LogP) is 3.49. The maximum absolute atomic E-state index is 14.3. The molecule has 0 unspecified atom stereocenters. The van der Waals surface area contributed by atoms with Crippen LogP contribution in [0.3, 0.4) is 0 Å². The highest BCUT2D eigenvalue weighted by Crippen LogP contribution is 2.36. The highest BCUT2D eigenvalue weighted by atomic mass is 19.1. The molecule has 0 N–H and O–H groups in total. The molecule has 1 saturated heterocycles. The Hall–Kier alpha value is -3.00. The molecule has 0 radical (unpaired) electrons. The fourth-order valence-electron chi connectivity index (χ4n) is 4.16. The van der Waals surface area contributed by atoms with Gasteiger partial charge in [-0.25, -0.2) is 9.07 Å². The van der Waals surface area contributed by atoms with Gasteiger partial charge in [0.2, 0.25) is 0 Å². The van der Waals surface area contributed by atoms with Crippen molar-refractivity contribution in [2.24, 2.45) is 0 Å². The molecular weight excluding hydrogens is 395 g/mol. The molecular formula is C23H29FN6O. The molecule has 3 aromatic rings. The first-order valence-corrected chi connectivity index (χ1v) is 10.6. The number of nitrogens with zero attached hydrogens (tertiary/aromatic N) is 6. The normalized spacial score (nSPS) is 16.4. The largest absolute Gasteiger partial charge is 0.496 e. The molecule has 1 aromatic heterocycles.